The van der Waals surface area contributed by atoms with Crippen molar-refractivity contribution in [2.75, 3.05) is 6.54 Å². The second-order valence-electron chi connectivity index (χ2n) is 11.0. The predicted octanol–water partition coefficient (Wildman–Crippen LogP) is 4.74. The van der Waals surface area contributed by atoms with Crippen LogP contribution in [-0.4, -0.2) is 46.5 Å². The van der Waals surface area contributed by atoms with Crippen LogP contribution in [0, 0.1) is 12.8 Å². The van der Waals surface area contributed by atoms with E-state index in [2.05, 4.69) is 10.6 Å². The van der Waals surface area contributed by atoms with Gasteiger partial charge in [-0.25, -0.2) is 4.79 Å². The van der Waals surface area contributed by atoms with Crippen molar-refractivity contribution < 1.29 is 19.1 Å². The molecule has 0 aromatic heterocycles. The van der Waals surface area contributed by atoms with Gasteiger partial charge in [-0.3, -0.25) is 9.59 Å². The zero-order chi connectivity index (χ0) is 25.6. The van der Waals surface area contributed by atoms with Crippen LogP contribution in [0.4, 0.5) is 4.79 Å². The number of carbonyl (C=O) groups excluding carboxylic acids is 3. The van der Waals surface area contributed by atoms with Crippen LogP contribution >= 0.6 is 0 Å². The summed E-state index contributed by atoms with van der Waals surface area (Å²) in [5.74, 6) is -0.421. The van der Waals surface area contributed by atoms with E-state index in [0.717, 1.165) is 11.1 Å². The van der Waals surface area contributed by atoms with Crippen molar-refractivity contribution in [3.8, 4) is 0 Å². The Labute approximate surface area is 199 Å². The van der Waals surface area contributed by atoms with Crippen LogP contribution in [0.15, 0.2) is 24.3 Å². The maximum atomic E-state index is 13.8. The molecule has 7 heteroatoms. The highest BCUT2D eigenvalue weighted by Gasteiger charge is 2.37. The summed E-state index contributed by atoms with van der Waals surface area (Å²) in [7, 11) is 0. The first-order chi connectivity index (χ1) is 15.1. The summed E-state index contributed by atoms with van der Waals surface area (Å²) in [6.45, 7) is 19.1. The van der Waals surface area contributed by atoms with E-state index in [-0.39, 0.29) is 17.7 Å². The highest BCUT2D eigenvalue weighted by atomic mass is 16.6. The molecule has 1 rings (SSSR count). The van der Waals surface area contributed by atoms with E-state index in [9.17, 15) is 14.4 Å². The molecule has 0 saturated heterocycles. The van der Waals surface area contributed by atoms with E-state index in [1.54, 1.807) is 25.7 Å². The van der Waals surface area contributed by atoms with Gasteiger partial charge >= 0.3 is 6.09 Å². The maximum absolute atomic E-state index is 13.8. The number of aryl methyl sites for hydroxylation is 1. The molecule has 186 valence electrons. The number of alkyl carbamates (subject to hydrolysis) is 1. The fraction of sp³-hybridized carbons (Fsp3) is 0.654. The number of carbonyl (C=O) groups is 3. The third-order valence-corrected chi connectivity index (χ3v) is 4.86. The van der Waals surface area contributed by atoms with Crippen molar-refractivity contribution in [3.63, 3.8) is 0 Å². The molecular weight excluding hydrogens is 418 g/mol. The number of amides is 3. The third kappa shape index (κ3) is 9.44. The van der Waals surface area contributed by atoms with Gasteiger partial charge in [0.25, 0.3) is 0 Å². The molecule has 0 saturated carbocycles. The molecule has 1 aromatic carbocycles. The van der Waals surface area contributed by atoms with Gasteiger partial charge in [-0.2, -0.15) is 0 Å². The van der Waals surface area contributed by atoms with Gasteiger partial charge in [-0.1, -0.05) is 38.1 Å². The second-order valence-corrected chi connectivity index (χ2v) is 11.0. The summed E-state index contributed by atoms with van der Waals surface area (Å²) in [6.07, 6.45) is -0.222. The van der Waals surface area contributed by atoms with Crippen molar-refractivity contribution in [2.45, 2.75) is 98.9 Å². The van der Waals surface area contributed by atoms with Crippen molar-refractivity contribution >= 4 is 17.9 Å². The SMILES string of the molecule is CCN(C(=O)C(CC(C)C)NC(=O)OC(C)(C)C)C(C(=O)NC(C)(C)C)c1ccccc1C. The van der Waals surface area contributed by atoms with Gasteiger partial charge in [0.15, 0.2) is 0 Å². The Balaban J connectivity index is 3.40. The molecule has 0 radical (unpaired) electrons. The van der Waals surface area contributed by atoms with Crippen molar-refractivity contribution in [2.24, 2.45) is 5.92 Å². The first-order valence-corrected chi connectivity index (χ1v) is 11.7. The Kier molecular flexibility index (Phi) is 9.94. The zero-order valence-electron chi connectivity index (χ0n) is 22.0. The molecular formula is C26H43N3O4. The van der Waals surface area contributed by atoms with Crippen molar-refractivity contribution in [1.82, 2.24) is 15.5 Å². The first kappa shape index (κ1) is 28.5. The molecule has 0 heterocycles. The number of nitrogens with one attached hydrogen (secondary N) is 2. The molecule has 2 atom stereocenters. The van der Waals surface area contributed by atoms with Crippen LogP contribution in [0.2, 0.25) is 0 Å². The summed E-state index contributed by atoms with van der Waals surface area (Å²) in [6, 6.07) is 5.93. The van der Waals surface area contributed by atoms with Crippen molar-refractivity contribution in [3.05, 3.63) is 35.4 Å². The van der Waals surface area contributed by atoms with E-state index in [4.69, 9.17) is 4.74 Å². The Morgan fingerprint density at radius 1 is 1.03 bits per heavy atom. The lowest BCUT2D eigenvalue weighted by Gasteiger charge is -2.36. The van der Waals surface area contributed by atoms with E-state index < -0.39 is 29.3 Å². The fourth-order valence-corrected chi connectivity index (χ4v) is 3.59. The molecule has 0 aliphatic carbocycles. The number of benzene rings is 1. The average molecular weight is 462 g/mol. The van der Waals surface area contributed by atoms with Gasteiger partial charge in [0, 0.05) is 12.1 Å². The lowest BCUT2D eigenvalue weighted by molar-refractivity contribution is -0.143. The summed E-state index contributed by atoms with van der Waals surface area (Å²) in [4.78, 5) is 41.3. The Hall–Kier alpha value is -2.57. The standard InChI is InChI=1S/C26H43N3O4/c1-11-29(23(31)20(16-17(2)3)27-24(32)33-26(8,9)10)21(22(30)28-25(5,6)7)19-15-13-12-14-18(19)4/h12-15,17,20-21H,11,16H2,1-10H3,(H,27,32)(H,28,30). The second kappa shape index (κ2) is 11.5. The molecule has 0 bridgehead atoms. The number of likely N-dealkylation sites (N-methyl/N-ethyl adjacent to an activating group) is 1. The van der Waals surface area contributed by atoms with Gasteiger partial charge in [0.2, 0.25) is 11.8 Å². The summed E-state index contributed by atoms with van der Waals surface area (Å²) in [5.41, 5.74) is 0.524. The number of hydrogen-bond donors (Lipinski definition) is 2. The van der Waals surface area contributed by atoms with Gasteiger partial charge in [0.1, 0.15) is 17.7 Å². The monoisotopic (exact) mass is 461 g/mol. The quantitative estimate of drug-likeness (QED) is 0.585. The first-order valence-electron chi connectivity index (χ1n) is 11.7. The largest absolute Gasteiger partial charge is 0.444 e. The minimum atomic E-state index is -0.821. The smallest absolute Gasteiger partial charge is 0.408 e. The van der Waals surface area contributed by atoms with Crippen LogP contribution in [0.25, 0.3) is 0 Å². The van der Waals surface area contributed by atoms with E-state index in [1.807, 2.05) is 72.7 Å². The maximum Gasteiger partial charge on any atom is 0.408 e. The Bertz CT molecular complexity index is 822. The molecule has 33 heavy (non-hydrogen) atoms. The minimum Gasteiger partial charge on any atom is -0.444 e. The van der Waals surface area contributed by atoms with Crippen LogP contribution < -0.4 is 10.6 Å². The molecule has 2 unspecified atom stereocenters. The van der Waals surface area contributed by atoms with Gasteiger partial charge in [-0.15, -0.1) is 0 Å². The molecule has 0 fully saturated rings. The van der Waals surface area contributed by atoms with Gasteiger partial charge in [0.05, 0.1) is 0 Å². The molecule has 0 aliphatic heterocycles. The molecule has 3 amide bonds. The Morgan fingerprint density at radius 2 is 1.61 bits per heavy atom. The zero-order valence-corrected chi connectivity index (χ0v) is 22.0. The highest BCUT2D eigenvalue weighted by Crippen LogP contribution is 2.27. The van der Waals surface area contributed by atoms with E-state index in [1.165, 1.54) is 0 Å². The van der Waals surface area contributed by atoms with Crippen LogP contribution in [0.5, 0.6) is 0 Å². The van der Waals surface area contributed by atoms with Crippen LogP contribution in [-0.2, 0) is 14.3 Å². The van der Waals surface area contributed by atoms with Gasteiger partial charge in [-0.05, 0) is 78.9 Å². The van der Waals surface area contributed by atoms with E-state index in [0.29, 0.717) is 13.0 Å². The Morgan fingerprint density at radius 3 is 2.06 bits per heavy atom. The predicted molar refractivity (Wildman–Crippen MR) is 132 cm³/mol. The third-order valence-electron chi connectivity index (χ3n) is 4.86. The normalized spacial score (nSPS) is 13.8. The number of nitrogens with zero attached hydrogens (tertiary/aromatic N) is 1. The summed E-state index contributed by atoms with van der Waals surface area (Å²) >= 11 is 0. The lowest BCUT2D eigenvalue weighted by Crippen LogP contribution is -2.55. The fourth-order valence-electron chi connectivity index (χ4n) is 3.59. The minimum absolute atomic E-state index is 0.146. The molecule has 7 nitrogen and oxygen atoms in total. The molecule has 2 N–H and O–H groups in total. The summed E-state index contributed by atoms with van der Waals surface area (Å²) in [5, 5.41) is 5.76. The number of ether oxygens (including phenoxy) is 1. The number of rotatable bonds is 8. The topological polar surface area (TPSA) is 87.7 Å². The number of hydrogen-bond acceptors (Lipinski definition) is 4. The van der Waals surface area contributed by atoms with E-state index >= 15 is 0 Å². The van der Waals surface area contributed by atoms with Crippen molar-refractivity contribution in [1.29, 1.82) is 0 Å². The molecule has 0 spiro atoms. The average Bonchev–Trinajstić information content (AvgIpc) is 2.62. The lowest BCUT2D eigenvalue weighted by atomic mass is 9.96. The summed E-state index contributed by atoms with van der Waals surface area (Å²) < 4.78 is 5.39. The van der Waals surface area contributed by atoms with Gasteiger partial charge < -0.3 is 20.3 Å². The van der Waals surface area contributed by atoms with Crippen LogP contribution in [0.1, 0.15) is 85.9 Å². The molecule has 0 aliphatic rings. The van der Waals surface area contributed by atoms with Crippen LogP contribution in [0.3, 0.4) is 0 Å². The molecule has 1 aromatic rings. The highest BCUT2D eigenvalue weighted by molar-refractivity contribution is 5.92.